The van der Waals surface area contributed by atoms with E-state index in [2.05, 4.69) is 20.3 Å². The summed E-state index contributed by atoms with van der Waals surface area (Å²) in [4.78, 5) is 25.3. The van der Waals surface area contributed by atoms with Gasteiger partial charge < -0.3 is 10.1 Å². The number of aromatic nitrogens is 3. The molecule has 0 radical (unpaired) electrons. The minimum atomic E-state index is -0.437. The normalized spacial score (nSPS) is 12.4. The highest BCUT2D eigenvalue weighted by Crippen LogP contribution is 2.24. The summed E-state index contributed by atoms with van der Waals surface area (Å²) in [6.07, 6.45) is 3.25. The van der Waals surface area contributed by atoms with Crippen molar-refractivity contribution in [2.75, 3.05) is 6.61 Å². The predicted octanol–water partition coefficient (Wildman–Crippen LogP) is 3.96. The number of thiazole rings is 1. The zero-order valence-corrected chi connectivity index (χ0v) is 16.7. The van der Waals surface area contributed by atoms with Gasteiger partial charge in [0, 0.05) is 17.8 Å². The lowest BCUT2D eigenvalue weighted by molar-refractivity contribution is 0.0856. The number of ether oxygens (including phenoxy) is 1. The van der Waals surface area contributed by atoms with Gasteiger partial charge >= 0.3 is 0 Å². The van der Waals surface area contributed by atoms with Crippen LogP contribution in [0, 0.1) is 11.2 Å². The number of halogens is 1. The number of hydrogen-bond donors (Lipinski definition) is 1. The van der Waals surface area contributed by atoms with Gasteiger partial charge in [-0.3, -0.25) is 4.79 Å². The van der Waals surface area contributed by atoms with Crippen molar-refractivity contribution in [2.24, 2.45) is 5.41 Å². The first-order valence-corrected chi connectivity index (χ1v) is 9.63. The zero-order valence-electron chi connectivity index (χ0n) is 15.8. The second-order valence-corrected chi connectivity index (χ2v) is 8.10. The van der Waals surface area contributed by atoms with E-state index >= 15 is 0 Å². The van der Waals surface area contributed by atoms with Crippen LogP contribution in [0.15, 0.2) is 48.1 Å². The highest BCUT2D eigenvalue weighted by molar-refractivity contribution is 7.13. The third-order valence-electron chi connectivity index (χ3n) is 4.09. The van der Waals surface area contributed by atoms with E-state index in [4.69, 9.17) is 4.74 Å². The van der Waals surface area contributed by atoms with E-state index in [1.807, 2.05) is 20.8 Å². The van der Waals surface area contributed by atoms with Crippen molar-refractivity contribution < 1.29 is 13.9 Å². The number of nitrogens with zero attached hydrogens (tertiary/aromatic N) is 3. The molecule has 8 heteroatoms. The van der Waals surface area contributed by atoms with Gasteiger partial charge in [0.05, 0.1) is 6.04 Å². The largest absolute Gasteiger partial charge is 0.488 e. The molecule has 0 aliphatic carbocycles. The van der Waals surface area contributed by atoms with E-state index in [0.29, 0.717) is 10.8 Å². The predicted molar refractivity (Wildman–Crippen MR) is 106 cm³/mol. The molecule has 0 fully saturated rings. The standard InChI is InChI=1S/C20H21FN4O2S/c1-20(2,3)16(11-27-15-8-5-4-7-13(15)21)25-18(26)14-12-28-19(24-14)17-22-9-6-10-23-17/h4-10,12,16H,11H2,1-3H3,(H,25,26). The van der Waals surface area contributed by atoms with Crippen LogP contribution in [0.25, 0.3) is 10.8 Å². The van der Waals surface area contributed by atoms with E-state index in [1.54, 1.807) is 42.0 Å². The van der Waals surface area contributed by atoms with Crippen LogP contribution in [0.3, 0.4) is 0 Å². The lowest BCUT2D eigenvalue weighted by Crippen LogP contribution is -2.47. The van der Waals surface area contributed by atoms with Crippen molar-refractivity contribution >= 4 is 17.2 Å². The number of para-hydroxylation sites is 1. The molecular weight excluding hydrogens is 379 g/mol. The molecule has 0 bridgehead atoms. The monoisotopic (exact) mass is 400 g/mol. The number of amides is 1. The fourth-order valence-corrected chi connectivity index (χ4v) is 3.11. The second kappa shape index (κ2) is 8.43. The summed E-state index contributed by atoms with van der Waals surface area (Å²) in [7, 11) is 0. The topological polar surface area (TPSA) is 77.0 Å². The quantitative estimate of drug-likeness (QED) is 0.678. The van der Waals surface area contributed by atoms with Crippen LogP contribution in [-0.2, 0) is 0 Å². The number of benzene rings is 1. The molecule has 1 unspecified atom stereocenters. The van der Waals surface area contributed by atoms with Crippen LogP contribution in [0.5, 0.6) is 5.75 Å². The summed E-state index contributed by atoms with van der Waals surface area (Å²) >= 11 is 1.30. The van der Waals surface area contributed by atoms with Crippen molar-refractivity contribution in [1.82, 2.24) is 20.3 Å². The Bertz CT molecular complexity index is 941. The Hall–Kier alpha value is -2.87. The Morgan fingerprint density at radius 3 is 2.61 bits per heavy atom. The first kappa shape index (κ1) is 19.9. The van der Waals surface area contributed by atoms with Gasteiger partial charge in [-0.2, -0.15) is 0 Å². The van der Waals surface area contributed by atoms with Gasteiger partial charge in [-0.25, -0.2) is 19.3 Å². The van der Waals surface area contributed by atoms with E-state index in [0.717, 1.165) is 0 Å². The third kappa shape index (κ3) is 4.89. The zero-order chi connectivity index (χ0) is 20.1. The summed E-state index contributed by atoms with van der Waals surface area (Å²) in [5.41, 5.74) is -0.0185. The molecule has 2 aromatic heterocycles. The van der Waals surface area contributed by atoms with Crippen LogP contribution < -0.4 is 10.1 Å². The molecule has 1 atom stereocenters. The van der Waals surface area contributed by atoms with Crippen LogP contribution in [0.2, 0.25) is 0 Å². The molecule has 1 aromatic carbocycles. The molecule has 1 N–H and O–H groups in total. The molecule has 0 aliphatic rings. The van der Waals surface area contributed by atoms with Crippen molar-refractivity contribution in [3.8, 4) is 16.6 Å². The van der Waals surface area contributed by atoms with E-state index in [9.17, 15) is 9.18 Å². The number of nitrogens with one attached hydrogen (secondary N) is 1. The second-order valence-electron chi connectivity index (χ2n) is 7.24. The molecule has 146 valence electrons. The Morgan fingerprint density at radius 2 is 1.93 bits per heavy atom. The minimum Gasteiger partial charge on any atom is -0.488 e. The first-order chi connectivity index (χ1) is 13.3. The number of carbonyl (C=O) groups excluding carboxylic acids is 1. The van der Waals surface area contributed by atoms with Gasteiger partial charge in [-0.05, 0) is 23.6 Å². The van der Waals surface area contributed by atoms with E-state index in [1.165, 1.54) is 17.4 Å². The third-order valence-corrected chi connectivity index (χ3v) is 4.92. The molecule has 2 heterocycles. The fraction of sp³-hybridized carbons (Fsp3) is 0.300. The van der Waals surface area contributed by atoms with Crippen LogP contribution in [0.1, 0.15) is 31.3 Å². The Balaban J connectivity index is 1.70. The lowest BCUT2D eigenvalue weighted by atomic mass is 9.87. The van der Waals surface area contributed by atoms with Crippen LogP contribution in [0.4, 0.5) is 4.39 Å². The summed E-state index contributed by atoms with van der Waals surface area (Å²) in [6.45, 7) is 6.07. The van der Waals surface area contributed by atoms with Crippen molar-refractivity contribution in [3.05, 3.63) is 59.6 Å². The lowest BCUT2D eigenvalue weighted by Gasteiger charge is -2.31. The van der Waals surface area contributed by atoms with Gasteiger partial charge in [0.25, 0.3) is 5.91 Å². The van der Waals surface area contributed by atoms with Crippen molar-refractivity contribution in [2.45, 2.75) is 26.8 Å². The SMILES string of the molecule is CC(C)(C)C(COc1ccccc1F)NC(=O)c1csc(-c2ncccn2)n1. The molecular formula is C20H21FN4O2S. The molecule has 1 amide bonds. The molecule has 3 aromatic rings. The summed E-state index contributed by atoms with van der Waals surface area (Å²) in [6, 6.07) is 7.56. The van der Waals surface area contributed by atoms with Gasteiger partial charge in [0.2, 0.25) is 0 Å². The van der Waals surface area contributed by atoms with Gasteiger partial charge in [0.15, 0.2) is 22.4 Å². The smallest absolute Gasteiger partial charge is 0.271 e. The number of carbonyl (C=O) groups is 1. The maximum Gasteiger partial charge on any atom is 0.271 e. The average molecular weight is 400 g/mol. The molecule has 3 rings (SSSR count). The van der Waals surface area contributed by atoms with Gasteiger partial charge in [-0.15, -0.1) is 11.3 Å². The minimum absolute atomic E-state index is 0.134. The number of hydrogen-bond acceptors (Lipinski definition) is 6. The fourth-order valence-electron chi connectivity index (χ4n) is 2.37. The highest BCUT2D eigenvalue weighted by atomic mass is 32.1. The molecule has 28 heavy (non-hydrogen) atoms. The molecule has 0 saturated carbocycles. The molecule has 0 saturated heterocycles. The molecule has 0 aliphatic heterocycles. The van der Waals surface area contributed by atoms with E-state index in [-0.39, 0.29) is 35.4 Å². The Morgan fingerprint density at radius 1 is 1.21 bits per heavy atom. The number of rotatable bonds is 6. The Labute approximate surface area is 166 Å². The average Bonchev–Trinajstić information content (AvgIpc) is 3.16. The summed E-state index contributed by atoms with van der Waals surface area (Å²) in [5.74, 6) is -0.131. The van der Waals surface area contributed by atoms with E-state index < -0.39 is 5.82 Å². The molecule has 6 nitrogen and oxygen atoms in total. The molecule has 0 spiro atoms. The van der Waals surface area contributed by atoms with Gasteiger partial charge in [-0.1, -0.05) is 32.9 Å². The van der Waals surface area contributed by atoms with Crippen molar-refractivity contribution in [1.29, 1.82) is 0 Å². The van der Waals surface area contributed by atoms with Crippen LogP contribution >= 0.6 is 11.3 Å². The van der Waals surface area contributed by atoms with Crippen molar-refractivity contribution in [3.63, 3.8) is 0 Å². The highest BCUT2D eigenvalue weighted by Gasteiger charge is 2.28. The summed E-state index contributed by atoms with van der Waals surface area (Å²) < 4.78 is 19.4. The van der Waals surface area contributed by atoms with Crippen LogP contribution in [-0.4, -0.2) is 33.5 Å². The maximum absolute atomic E-state index is 13.8. The summed E-state index contributed by atoms with van der Waals surface area (Å²) in [5, 5.41) is 5.18. The van der Waals surface area contributed by atoms with Gasteiger partial charge in [0.1, 0.15) is 12.3 Å². The Kier molecular flexibility index (Phi) is 5.99. The first-order valence-electron chi connectivity index (χ1n) is 8.75. The maximum atomic E-state index is 13.8.